The normalized spacial score (nSPS) is 22.3. The summed E-state index contributed by atoms with van der Waals surface area (Å²) in [6.45, 7) is 11.1. The molecule has 2 aliphatic rings. The molecule has 4 rings (SSSR count). The van der Waals surface area contributed by atoms with E-state index in [0.29, 0.717) is 12.6 Å². The Hall–Kier alpha value is -2.45. The van der Waals surface area contributed by atoms with Gasteiger partial charge in [-0.15, -0.1) is 10.2 Å². The van der Waals surface area contributed by atoms with Gasteiger partial charge in [-0.25, -0.2) is 0 Å². The highest BCUT2D eigenvalue weighted by molar-refractivity contribution is 5.80. The summed E-state index contributed by atoms with van der Waals surface area (Å²) in [6, 6.07) is 11.1. The topological polar surface area (TPSA) is 70.8 Å². The molecule has 0 aliphatic carbocycles. The third kappa shape index (κ3) is 4.82. The van der Waals surface area contributed by atoms with Gasteiger partial charge in [-0.2, -0.15) is 0 Å². The van der Waals surface area contributed by atoms with Crippen LogP contribution >= 0.6 is 0 Å². The summed E-state index contributed by atoms with van der Waals surface area (Å²) in [5, 5.41) is 11.6. The fraction of sp³-hybridized carbons (Fsp3) is 0.591. The summed E-state index contributed by atoms with van der Waals surface area (Å²) in [5.74, 6) is 1.98. The van der Waals surface area contributed by atoms with Crippen LogP contribution in [0.2, 0.25) is 0 Å². The number of aromatic nitrogens is 3. The zero-order valence-corrected chi connectivity index (χ0v) is 18.1. The molecule has 2 saturated heterocycles. The van der Waals surface area contributed by atoms with Crippen molar-refractivity contribution in [1.82, 2.24) is 29.9 Å². The maximum absolute atomic E-state index is 6.14. The molecule has 0 saturated carbocycles. The van der Waals surface area contributed by atoms with Crippen LogP contribution < -0.4 is 5.32 Å². The Morgan fingerprint density at radius 2 is 2.10 bits per heavy atom. The Labute approximate surface area is 178 Å². The smallest absolute Gasteiger partial charge is 0.194 e. The highest BCUT2D eigenvalue weighted by Crippen LogP contribution is 2.24. The summed E-state index contributed by atoms with van der Waals surface area (Å²) >= 11 is 0. The van der Waals surface area contributed by atoms with Crippen LogP contribution in [0.5, 0.6) is 0 Å². The molecule has 0 bridgehead atoms. The van der Waals surface area contributed by atoms with Gasteiger partial charge in [-0.1, -0.05) is 37.3 Å². The lowest BCUT2D eigenvalue weighted by Gasteiger charge is -2.36. The van der Waals surface area contributed by atoms with Crippen molar-refractivity contribution < 1.29 is 4.74 Å². The summed E-state index contributed by atoms with van der Waals surface area (Å²) in [6.07, 6.45) is 2.91. The second kappa shape index (κ2) is 10.0. The maximum Gasteiger partial charge on any atom is 0.194 e. The van der Waals surface area contributed by atoms with Gasteiger partial charge in [-0.3, -0.25) is 9.89 Å². The van der Waals surface area contributed by atoms with E-state index in [9.17, 15) is 0 Å². The first-order valence-corrected chi connectivity index (χ1v) is 11.1. The number of morpholine rings is 1. The molecule has 0 spiro atoms. The molecular formula is C22H33N7O. The van der Waals surface area contributed by atoms with Crippen molar-refractivity contribution in [2.45, 2.75) is 45.5 Å². The number of benzene rings is 1. The van der Waals surface area contributed by atoms with Gasteiger partial charge >= 0.3 is 0 Å². The molecule has 30 heavy (non-hydrogen) atoms. The lowest BCUT2D eigenvalue weighted by molar-refractivity contribution is -0.0502. The highest BCUT2D eigenvalue weighted by Gasteiger charge is 2.41. The third-order valence-corrected chi connectivity index (χ3v) is 5.89. The Balaban J connectivity index is 1.40. The van der Waals surface area contributed by atoms with Crippen LogP contribution in [0.3, 0.4) is 0 Å². The number of aliphatic imine (C=N–C) groups is 1. The average molecular weight is 412 g/mol. The van der Waals surface area contributed by atoms with E-state index in [4.69, 9.17) is 9.73 Å². The van der Waals surface area contributed by atoms with Crippen molar-refractivity contribution in [3.05, 3.63) is 48.0 Å². The van der Waals surface area contributed by atoms with Crippen molar-refractivity contribution in [2.75, 3.05) is 39.3 Å². The van der Waals surface area contributed by atoms with Crippen LogP contribution in [0.15, 0.2) is 41.7 Å². The van der Waals surface area contributed by atoms with E-state index in [0.717, 1.165) is 64.1 Å². The maximum atomic E-state index is 6.14. The predicted molar refractivity (Wildman–Crippen MR) is 117 cm³/mol. The van der Waals surface area contributed by atoms with E-state index in [1.165, 1.54) is 5.56 Å². The minimum atomic E-state index is 0.232. The van der Waals surface area contributed by atoms with Crippen molar-refractivity contribution in [2.24, 2.45) is 4.99 Å². The first-order valence-electron chi connectivity index (χ1n) is 11.1. The van der Waals surface area contributed by atoms with Crippen LogP contribution in [0.4, 0.5) is 0 Å². The van der Waals surface area contributed by atoms with Gasteiger partial charge < -0.3 is 19.5 Å². The molecule has 2 atom stereocenters. The van der Waals surface area contributed by atoms with E-state index in [-0.39, 0.29) is 6.10 Å². The van der Waals surface area contributed by atoms with E-state index in [1.807, 2.05) is 0 Å². The fourth-order valence-corrected chi connectivity index (χ4v) is 4.37. The van der Waals surface area contributed by atoms with Crippen molar-refractivity contribution in [1.29, 1.82) is 0 Å². The van der Waals surface area contributed by atoms with Gasteiger partial charge in [0, 0.05) is 45.7 Å². The molecule has 1 aromatic carbocycles. The van der Waals surface area contributed by atoms with Crippen LogP contribution in [-0.2, 0) is 24.2 Å². The molecule has 8 heteroatoms. The number of likely N-dealkylation sites (tertiary alicyclic amines) is 1. The molecule has 3 heterocycles. The second-order valence-electron chi connectivity index (χ2n) is 7.87. The van der Waals surface area contributed by atoms with Gasteiger partial charge in [0.2, 0.25) is 0 Å². The molecule has 2 aliphatic heterocycles. The molecule has 1 N–H and O–H groups in total. The summed E-state index contributed by atoms with van der Waals surface area (Å²) in [4.78, 5) is 9.82. The second-order valence-corrected chi connectivity index (χ2v) is 7.87. The Kier molecular flexibility index (Phi) is 6.96. The quantitative estimate of drug-likeness (QED) is 0.549. The van der Waals surface area contributed by atoms with Gasteiger partial charge in [0.05, 0.1) is 25.3 Å². The Morgan fingerprint density at radius 1 is 1.23 bits per heavy atom. The fourth-order valence-electron chi connectivity index (χ4n) is 4.37. The number of nitrogens with one attached hydrogen (secondary N) is 1. The van der Waals surface area contributed by atoms with Crippen LogP contribution in [0, 0.1) is 0 Å². The van der Waals surface area contributed by atoms with Gasteiger partial charge in [0.25, 0.3) is 0 Å². The van der Waals surface area contributed by atoms with Crippen LogP contribution in [0.25, 0.3) is 0 Å². The first-order chi connectivity index (χ1) is 14.8. The molecule has 2 aromatic rings. The molecule has 0 amide bonds. The first kappa shape index (κ1) is 20.8. The lowest BCUT2D eigenvalue weighted by Crippen LogP contribution is -2.50. The number of aryl methyl sites for hydroxylation is 1. The Morgan fingerprint density at radius 3 is 2.90 bits per heavy atom. The molecular weight excluding hydrogens is 378 g/mol. The van der Waals surface area contributed by atoms with E-state index in [2.05, 4.69) is 74.1 Å². The average Bonchev–Trinajstić information content (AvgIpc) is 3.41. The lowest BCUT2D eigenvalue weighted by atomic mass is 10.1. The van der Waals surface area contributed by atoms with Gasteiger partial charge in [0.1, 0.15) is 12.2 Å². The number of rotatable bonds is 7. The van der Waals surface area contributed by atoms with Crippen molar-refractivity contribution in [3.63, 3.8) is 0 Å². The molecule has 162 valence electrons. The predicted octanol–water partition coefficient (Wildman–Crippen LogP) is 1.39. The van der Waals surface area contributed by atoms with E-state index >= 15 is 0 Å². The van der Waals surface area contributed by atoms with Gasteiger partial charge in [-0.05, 0) is 12.5 Å². The number of fused-ring (bicyclic) bond motifs is 1. The molecule has 0 radical (unpaired) electrons. The number of hydrogen-bond acceptors (Lipinski definition) is 5. The van der Waals surface area contributed by atoms with Crippen molar-refractivity contribution in [3.8, 4) is 0 Å². The van der Waals surface area contributed by atoms with Crippen LogP contribution in [0.1, 0.15) is 25.2 Å². The minimum Gasteiger partial charge on any atom is -0.373 e. The largest absolute Gasteiger partial charge is 0.373 e. The van der Waals surface area contributed by atoms with E-state index < -0.39 is 0 Å². The molecule has 1 aromatic heterocycles. The Bertz CT molecular complexity index is 822. The van der Waals surface area contributed by atoms with E-state index in [1.54, 1.807) is 6.33 Å². The number of nitrogens with zero attached hydrogens (tertiary/aromatic N) is 6. The minimum absolute atomic E-state index is 0.232. The molecule has 8 nitrogen and oxygen atoms in total. The van der Waals surface area contributed by atoms with Crippen LogP contribution in [-0.4, -0.2) is 82.0 Å². The number of guanidine groups is 1. The van der Waals surface area contributed by atoms with Crippen molar-refractivity contribution >= 4 is 5.96 Å². The summed E-state index contributed by atoms with van der Waals surface area (Å²) in [7, 11) is 0. The molecule has 2 unspecified atom stereocenters. The molecule has 2 fully saturated rings. The third-order valence-electron chi connectivity index (χ3n) is 5.89. The number of hydrogen-bond donors (Lipinski definition) is 1. The standard InChI is InChI=1S/C22H33N7O/c1-3-21-26-25-17-28(21)11-10-24-22(23-4-2)29-15-19-20(16-29)30-13-12-27(19)14-18-8-6-5-7-9-18/h5-9,17,19-20H,3-4,10-16H2,1-2H3,(H,23,24). The monoisotopic (exact) mass is 411 g/mol. The summed E-state index contributed by atoms with van der Waals surface area (Å²) < 4.78 is 8.22. The summed E-state index contributed by atoms with van der Waals surface area (Å²) in [5.41, 5.74) is 1.36. The SMILES string of the molecule is CCNC(=NCCn1cnnc1CC)N1CC2OCCN(Cc3ccccc3)C2C1. The zero-order chi connectivity index (χ0) is 20.8. The van der Waals surface area contributed by atoms with Gasteiger partial charge in [0.15, 0.2) is 5.96 Å². The number of ether oxygens (including phenoxy) is 1. The zero-order valence-electron chi connectivity index (χ0n) is 18.1. The highest BCUT2D eigenvalue weighted by atomic mass is 16.5.